The fraction of sp³-hybridized carbons (Fsp3) is 0.192. The number of aliphatic hydroxyl groups excluding tert-OH is 1. The third kappa shape index (κ3) is 5.32. The van der Waals surface area contributed by atoms with E-state index in [2.05, 4.69) is 5.32 Å². The second-order valence-corrected chi connectivity index (χ2v) is 7.63. The summed E-state index contributed by atoms with van der Waals surface area (Å²) in [5.41, 5.74) is 2.52. The number of halogens is 1. The van der Waals surface area contributed by atoms with Crippen LogP contribution in [0.2, 0.25) is 0 Å². The fourth-order valence-electron chi connectivity index (χ4n) is 3.81. The van der Waals surface area contributed by atoms with Gasteiger partial charge in [0.05, 0.1) is 6.04 Å². The highest BCUT2D eigenvalue weighted by Gasteiger charge is 2.25. The molecule has 0 saturated carbocycles. The molecule has 7 heteroatoms. The number of aliphatic hydroxyl groups is 1. The first-order chi connectivity index (χ1) is 16.0. The highest BCUT2D eigenvalue weighted by Crippen LogP contribution is 2.30. The van der Waals surface area contributed by atoms with Crippen LogP contribution >= 0.6 is 0 Å². The molecular weight excluding hydrogens is 423 g/mol. The lowest BCUT2D eigenvalue weighted by molar-refractivity contribution is 0.0477. The van der Waals surface area contributed by atoms with Gasteiger partial charge in [-0.2, -0.15) is 0 Å². The van der Waals surface area contributed by atoms with Crippen LogP contribution in [0.15, 0.2) is 85.1 Å². The average molecular weight is 448 g/mol. The van der Waals surface area contributed by atoms with E-state index in [1.165, 1.54) is 19.2 Å². The maximum Gasteiger partial charge on any atom is 0.406 e. The minimum absolute atomic E-state index is 0.159. The van der Waals surface area contributed by atoms with Crippen LogP contribution in [-0.2, 0) is 11.3 Å². The molecule has 0 bridgehead atoms. The number of hydrogen-bond donors (Lipinski definition) is 2. The van der Waals surface area contributed by atoms with E-state index in [1.54, 1.807) is 6.07 Å². The topological polar surface area (TPSA) is 72.7 Å². The van der Waals surface area contributed by atoms with Crippen molar-refractivity contribution in [3.05, 3.63) is 102 Å². The first-order valence-electron chi connectivity index (χ1n) is 10.6. The second-order valence-electron chi connectivity index (χ2n) is 7.63. The summed E-state index contributed by atoms with van der Waals surface area (Å²) in [6, 6.07) is 23.0. The summed E-state index contributed by atoms with van der Waals surface area (Å²) >= 11 is 0. The maximum atomic E-state index is 13.4. The summed E-state index contributed by atoms with van der Waals surface area (Å²) < 4.78 is 26.3. The minimum atomic E-state index is -0.968. The molecule has 1 aromatic heterocycles. The Kier molecular flexibility index (Phi) is 6.90. The van der Waals surface area contributed by atoms with E-state index >= 15 is 0 Å². The molecule has 33 heavy (non-hydrogen) atoms. The number of nitrogens with one attached hydrogen (secondary N) is 1. The van der Waals surface area contributed by atoms with Gasteiger partial charge in [-0.1, -0.05) is 42.5 Å². The molecule has 0 unspecified atom stereocenters. The number of amides is 1. The van der Waals surface area contributed by atoms with E-state index in [-0.39, 0.29) is 19.0 Å². The second kappa shape index (κ2) is 10.2. The zero-order chi connectivity index (χ0) is 23.2. The minimum Gasteiger partial charge on any atom is -0.489 e. The van der Waals surface area contributed by atoms with Gasteiger partial charge in [-0.25, -0.2) is 9.18 Å². The lowest BCUT2D eigenvalue weighted by Crippen LogP contribution is -2.32. The summed E-state index contributed by atoms with van der Waals surface area (Å²) in [5, 5.41) is 14.3. The van der Waals surface area contributed by atoms with Crippen LogP contribution in [0.3, 0.4) is 0 Å². The highest BCUT2D eigenvalue weighted by molar-refractivity contribution is 5.82. The van der Waals surface area contributed by atoms with Gasteiger partial charge in [0.2, 0.25) is 0 Å². The normalized spacial score (nSPS) is 12.8. The number of rotatable bonds is 8. The smallest absolute Gasteiger partial charge is 0.406 e. The Morgan fingerprint density at radius 2 is 1.88 bits per heavy atom. The SMILES string of the molecule is CNC(=O)OC[C@H](O)[C@H](c1ccccc1)n1ccc2cc(OCc3cccc(F)c3)ccc21. The van der Waals surface area contributed by atoms with Crippen molar-refractivity contribution < 1.29 is 23.8 Å². The van der Waals surface area contributed by atoms with Crippen molar-refractivity contribution in [2.24, 2.45) is 0 Å². The molecule has 2 atom stereocenters. The van der Waals surface area contributed by atoms with E-state index in [9.17, 15) is 14.3 Å². The Morgan fingerprint density at radius 1 is 1.06 bits per heavy atom. The van der Waals surface area contributed by atoms with Crippen molar-refractivity contribution in [3.63, 3.8) is 0 Å². The van der Waals surface area contributed by atoms with Crippen LogP contribution in [0.4, 0.5) is 9.18 Å². The molecule has 0 spiro atoms. The zero-order valence-corrected chi connectivity index (χ0v) is 18.1. The number of aromatic nitrogens is 1. The van der Waals surface area contributed by atoms with Gasteiger partial charge in [-0.3, -0.25) is 0 Å². The van der Waals surface area contributed by atoms with E-state index in [1.807, 2.05) is 71.4 Å². The Hall–Kier alpha value is -3.84. The van der Waals surface area contributed by atoms with Gasteiger partial charge in [-0.05, 0) is 47.5 Å². The molecule has 3 aromatic carbocycles. The largest absolute Gasteiger partial charge is 0.489 e. The number of nitrogens with zero attached hydrogens (tertiary/aromatic N) is 1. The van der Waals surface area contributed by atoms with E-state index in [0.717, 1.165) is 22.0 Å². The average Bonchev–Trinajstić information content (AvgIpc) is 3.25. The predicted octanol–water partition coefficient (Wildman–Crippen LogP) is 4.67. The van der Waals surface area contributed by atoms with Gasteiger partial charge >= 0.3 is 6.09 Å². The van der Waals surface area contributed by atoms with Gasteiger partial charge in [-0.15, -0.1) is 0 Å². The molecule has 0 aliphatic heterocycles. The summed E-state index contributed by atoms with van der Waals surface area (Å²) in [6.07, 6.45) is 0.324. The number of hydrogen-bond acceptors (Lipinski definition) is 4. The van der Waals surface area contributed by atoms with E-state index in [0.29, 0.717) is 5.75 Å². The number of alkyl carbamates (subject to hydrolysis) is 1. The third-order valence-electron chi connectivity index (χ3n) is 5.38. The molecule has 4 aromatic rings. The molecule has 1 heterocycles. The Bertz CT molecular complexity index is 1230. The molecule has 1 amide bonds. The van der Waals surface area contributed by atoms with Gasteiger partial charge in [0, 0.05) is 24.1 Å². The molecule has 0 fully saturated rings. The van der Waals surface area contributed by atoms with Crippen LogP contribution < -0.4 is 10.1 Å². The number of carbonyl (C=O) groups is 1. The van der Waals surface area contributed by atoms with Crippen molar-refractivity contribution in [1.29, 1.82) is 0 Å². The summed E-state index contributed by atoms with van der Waals surface area (Å²) in [5.74, 6) is 0.360. The standard InChI is InChI=1S/C26H25FN2O4/c1-28-26(31)33-17-24(30)25(19-7-3-2-4-8-19)29-13-12-20-15-22(10-11-23(20)29)32-16-18-6-5-9-21(27)14-18/h2-15,24-25,30H,16-17H2,1H3,(H,28,31)/t24-,25-/m0/s1. The monoisotopic (exact) mass is 448 g/mol. The summed E-state index contributed by atoms with van der Waals surface area (Å²) in [6.45, 7) is 0.0971. The molecule has 0 radical (unpaired) electrons. The Balaban J connectivity index is 1.59. The first-order valence-corrected chi connectivity index (χ1v) is 10.6. The quantitative estimate of drug-likeness (QED) is 0.411. The summed E-state index contributed by atoms with van der Waals surface area (Å²) in [7, 11) is 1.47. The number of ether oxygens (including phenoxy) is 2. The highest BCUT2D eigenvalue weighted by atomic mass is 19.1. The Morgan fingerprint density at radius 3 is 2.64 bits per heavy atom. The van der Waals surface area contributed by atoms with E-state index < -0.39 is 18.2 Å². The maximum absolute atomic E-state index is 13.4. The van der Waals surface area contributed by atoms with Crippen molar-refractivity contribution >= 4 is 17.0 Å². The molecular formula is C26H25FN2O4. The van der Waals surface area contributed by atoms with Crippen LogP contribution in [0.25, 0.3) is 10.9 Å². The van der Waals surface area contributed by atoms with Crippen molar-refractivity contribution in [1.82, 2.24) is 9.88 Å². The molecule has 0 saturated heterocycles. The van der Waals surface area contributed by atoms with Gasteiger partial charge < -0.3 is 24.5 Å². The molecule has 0 aliphatic carbocycles. The first kappa shape index (κ1) is 22.4. The number of carbonyl (C=O) groups excluding carboxylic acids is 1. The van der Waals surface area contributed by atoms with Crippen LogP contribution in [0, 0.1) is 5.82 Å². The van der Waals surface area contributed by atoms with E-state index in [4.69, 9.17) is 9.47 Å². The Labute approximate surface area is 191 Å². The van der Waals surface area contributed by atoms with Crippen molar-refractivity contribution in [2.45, 2.75) is 18.8 Å². The van der Waals surface area contributed by atoms with Gasteiger partial charge in [0.1, 0.15) is 30.9 Å². The molecule has 2 N–H and O–H groups in total. The lowest BCUT2D eigenvalue weighted by atomic mass is 10.0. The van der Waals surface area contributed by atoms with Gasteiger partial charge in [0.15, 0.2) is 0 Å². The fourth-order valence-corrected chi connectivity index (χ4v) is 3.81. The molecule has 170 valence electrons. The molecule has 6 nitrogen and oxygen atoms in total. The molecule has 0 aliphatic rings. The molecule has 4 rings (SSSR count). The van der Waals surface area contributed by atoms with Crippen LogP contribution in [0.1, 0.15) is 17.2 Å². The number of benzene rings is 3. The van der Waals surface area contributed by atoms with Crippen molar-refractivity contribution in [2.75, 3.05) is 13.7 Å². The van der Waals surface area contributed by atoms with Gasteiger partial charge in [0.25, 0.3) is 0 Å². The van der Waals surface area contributed by atoms with Crippen molar-refractivity contribution in [3.8, 4) is 5.75 Å². The lowest BCUT2D eigenvalue weighted by Gasteiger charge is -2.26. The predicted molar refractivity (Wildman–Crippen MR) is 124 cm³/mol. The van der Waals surface area contributed by atoms with Crippen LogP contribution in [0.5, 0.6) is 5.75 Å². The number of fused-ring (bicyclic) bond motifs is 1. The van der Waals surface area contributed by atoms with Crippen LogP contribution in [-0.4, -0.2) is 35.5 Å². The summed E-state index contributed by atoms with van der Waals surface area (Å²) in [4.78, 5) is 11.5. The zero-order valence-electron chi connectivity index (χ0n) is 18.1. The third-order valence-corrected chi connectivity index (χ3v) is 5.38.